The van der Waals surface area contributed by atoms with Gasteiger partial charge in [0.05, 0.1) is 0 Å². The van der Waals surface area contributed by atoms with Crippen LogP contribution in [0.4, 0.5) is 0 Å². The second kappa shape index (κ2) is 2.71. The molecule has 0 nitrogen and oxygen atoms in total. The minimum atomic E-state index is 0.430. The third-order valence-corrected chi connectivity index (χ3v) is 4.85. The van der Waals surface area contributed by atoms with Crippen LogP contribution >= 0.6 is 0 Å². The van der Waals surface area contributed by atoms with Crippen molar-refractivity contribution in [3.05, 3.63) is 23.3 Å². The van der Waals surface area contributed by atoms with E-state index in [0.717, 1.165) is 29.2 Å². The molecule has 0 amide bonds. The standard InChI is InChI=1S/C12H17.Tl/c1-11(2)8-12(3,4)10-7-5-6-9(10)11;/h5-7H,8H2,1-4H3;. The number of allylic oxidation sites excluding steroid dienone is 4. The number of hydrogen-bond donors (Lipinski definition) is 0. The normalized spacial score (nSPS) is 29.8. The van der Waals surface area contributed by atoms with Gasteiger partial charge in [0.25, 0.3) is 0 Å². The van der Waals surface area contributed by atoms with Gasteiger partial charge < -0.3 is 0 Å². The van der Waals surface area contributed by atoms with Gasteiger partial charge in [0.15, 0.2) is 0 Å². The average Bonchev–Trinajstić information content (AvgIpc) is 2.34. The first kappa shape index (κ1) is 9.94. The molecule has 0 N–H and O–H groups in total. The van der Waals surface area contributed by atoms with Gasteiger partial charge in [0, 0.05) is 0 Å². The Morgan fingerprint density at radius 3 is 1.85 bits per heavy atom. The molecule has 0 bridgehead atoms. The fourth-order valence-corrected chi connectivity index (χ4v) is 4.58. The molecule has 2 aliphatic rings. The number of rotatable bonds is 0. The molecule has 1 fully saturated rings. The van der Waals surface area contributed by atoms with Crippen LogP contribution in [-0.4, -0.2) is 25.8 Å². The first-order valence-electron chi connectivity index (χ1n) is 5.03. The van der Waals surface area contributed by atoms with E-state index < -0.39 is 0 Å². The van der Waals surface area contributed by atoms with Gasteiger partial charge in [-0.2, -0.15) is 0 Å². The monoisotopic (exact) mass is 366 g/mol. The van der Waals surface area contributed by atoms with E-state index in [2.05, 4.69) is 39.8 Å². The average molecular weight is 366 g/mol. The van der Waals surface area contributed by atoms with Gasteiger partial charge in [-0.05, 0) is 0 Å². The zero-order valence-corrected chi connectivity index (χ0v) is 13.5. The van der Waals surface area contributed by atoms with E-state index in [9.17, 15) is 0 Å². The first-order chi connectivity index (χ1) is 5.83. The summed E-state index contributed by atoms with van der Waals surface area (Å²) in [6.07, 6.45) is 6.36. The molecule has 0 heterocycles. The van der Waals surface area contributed by atoms with E-state index in [1.807, 2.05) is 0 Å². The summed E-state index contributed by atoms with van der Waals surface area (Å²) in [6.45, 7) is 9.57. The fourth-order valence-electron chi connectivity index (χ4n) is 3.09. The Balaban J connectivity index is 2.51. The summed E-state index contributed by atoms with van der Waals surface area (Å²) in [6, 6.07) is 0. The van der Waals surface area contributed by atoms with E-state index in [1.165, 1.54) is 6.42 Å². The van der Waals surface area contributed by atoms with Crippen molar-refractivity contribution < 1.29 is 0 Å². The Bertz CT molecular complexity index is 275. The van der Waals surface area contributed by atoms with E-state index in [-0.39, 0.29) is 0 Å². The van der Waals surface area contributed by atoms with Crippen molar-refractivity contribution in [1.29, 1.82) is 0 Å². The zero-order valence-electron chi connectivity index (χ0n) is 9.02. The van der Waals surface area contributed by atoms with Crippen LogP contribution < -0.4 is 0 Å². The SMILES string of the molecule is CC1(C)CC(C)(C)C2=C[CH]([Tl])C=C21. The van der Waals surface area contributed by atoms with Gasteiger partial charge in [0.1, 0.15) is 0 Å². The van der Waals surface area contributed by atoms with Gasteiger partial charge in [-0.25, -0.2) is 0 Å². The Labute approximate surface area is 97.2 Å². The van der Waals surface area contributed by atoms with E-state index in [0.29, 0.717) is 10.8 Å². The van der Waals surface area contributed by atoms with Crippen molar-refractivity contribution in [3.63, 3.8) is 0 Å². The van der Waals surface area contributed by atoms with Crippen molar-refractivity contribution in [3.8, 4) is 0 Å². The molecular formula is C12H17Tl. The van der Waals surface area contributed by atoms with Crippen LogP contribution in [0.1, 0.15) is 34.1 Å². The first-order valence-corrected chi connectivity index (χ1v) is 7.63. The van der Waals surface area contributed by atoms with Crippen molar-refractivity contribution >= 4 is 25.8 Å². The van der Waals surface area contributed by atoms with Crippen LogP contribution in [0.3, 0.4) is 0 Å². The molecule has 0 aliphatic heterocycles. The fraction of sp³-hybridized carbons (Fsp3) is 0.667. The summed E-state index contributed by atoms with van der Waals surface area (Å²) >= 11 is 1.07. The molecule has 68 valence electrons. The second-order valence-electron chi connectivity index (χ2n) is 5.68. The Hall–Kier alpha value is 0.402. The van der Waals surface area contributed by atoms with Crippen LogP contribution in [0, 0.1) is 10.8 Å². The summed E-state index contributed by atoms with van der Waals surface area (Å²) < 4.78 is 0.823. The van der Waals surface area contributed by atoms with E-state index in [1.54, 1.807) is 11.1 Å². The third kappa shape index (κ3) is 1.45. The van der Waals surface area contributed by atoms with E-state index >= 15 is 0 Å². The molecule has 0 radical (unpaired) electrons. The molecule has 0 spiro atoms. The third-order valence-electron chi connectivity index (χ3n) is 3.35. The number of hydrogen-bond acceptors (Lipinski definition) is 0. The maximum atomic E-state index is 2.52. The summed E-state index contributed by atoms with van der Waals surface area (Å²) in [7, 11) is 0. The Kier molecular flexibility index (Phi) is 2.07. The van der Waals surface area contributed by atoms with Gasteiger partial charge in [-0.3, -0.25) is 0 Å². The maximum absolute atomic E-state index is 2.52. The molecule has 0 aromatic rings. The van der Waals surface area contributed by atoms with Gasteiger partial charge in [-0.1, -0.05) is 0 Å². The Morgan fingerprint density at radius 2 is 1.46 bits per heavy atom. The van der Waals surface area contributed by atoms with Crippen molar-refractivity contribution in [2.24, 2.45) is 10.8 Å². The summed E-state index contributed by atoms with van der Waals surface area (Å²) in [5.74, 6) is 0. The van der Waals surface area contributed by atoms with Crippen LogP contribution in [0.25, 0.3) is 0 Å². The molecule has 2 rings (SSSR count). The topological polar surface area (TPSA) is 0 Å². The second-order valence-corrected chi connectivity index (χ2v) is 8.68. The predicted octanol–water partition coefficient (Wildman–Crippen LogP) is 3.27. The summed E-state index contributed by atoms with van der Waals surface area (Å²) in [4.78, 5) is 0. The molecular weight excluding hydrogens is 349 g/mol. The van der Waals surface area contributed by atoms with Gasteiger partial charge >= 0.3 is 97.5 Å². The van der Waals surface area contributed by atoms with Crippen LogP contribution in [0.2, 0.25) is 3.48 Å². The molecule has 0 aromatic carbocycles. The van der Waals surface area contributed by atoms with E-state index in [4.69, 9.17) is 0 Å². The molecule has 1 heteroatoms. The van der Waals surface area contributed by atoms with Crippen molar-refractivity contribution in [2.45, 2.75) is 37.6 Å². The molecule has 0 unspecified atom stereocenters. The molecule has 1 saturated carbocycles. The molecule has 2 aliphatic carbocycles. The molecule has 0 saturated heterocycles. The van der Waals surface area contributed by atoms with Crippen LogP contribution in [0.15, 0.2) is 23.3 Å². The Morgan fingerprint density at radius 1 is 1.08 bits per heavy atom. The van der Waals surface area contributed by atoms with Gasteiger partial charge in [0.2, 0.25) is 0 Å². The molecule has 13 heavy (non-hydrogen) atoms. The summed E-state index contributed by atoms with van der Waals surface area (Å²) in [5.41, 5.74) is 4.17. The van der Waals surface area contributed by atoms with Crippen LogP contribution in [0.5, 0.6) is 0 Å². The molecule has 0 aromatic heterocycles. The van der Waals surface area contributed by atoms with Gasteiger partial charge in [-0.15, -0.1) is 0 Å². The summed E-state index contributed by atoms with van der Waals surface area (Å²) in [5, 5.41) is 0. The minimum absolute atomic E-state index is 0.430. The zero-order chi connectivity index (χ0) is 9.85. The quantitative estimate of drug-likeness (QED) is 0.578. The number of fused-ring (bicyclic) bond motifs is 1. The predicted molar refractivity (Wildman–Crippen MR) is 57.8 cm³/mol. The van der Waals surface area contributed by atoms with Crippen molar-refractivity contribution in [1.82, 2.24) is 0 Å². The molecule has 0 atom stereocenters. The van der Waals surface area contributed by atoms with Crippen molar-refractivity contribution in [2.75, 3.05) is 0 Å². The van der Waals surface area contributed by atoms with Crippen LogP contribution in [-0.2, 0) is 0 Å².